The lowest BCUT2D eigenvalue weighted by atomic mass is 10.0. The molecule has 1 saturated carbocycles. The van der Waals surface area contributed by atoms with Crippen LogP contribution in [0.2, 0.25) is 0 Å². The maximum atomic E-state index is 12.3. The molecule has 0 atom stereocenters. The summed E-state index contributed by atoms with van der Waals surface area (Å²) < 4.78 is 28.2. The summed E-state index contributed by atoms with van der Waals surface area (Å²) in [5, 5.41) is 10.7. The predicted molar refractivity (Wildman–Crippen MR) is 81.1 cm³/mol. The molecule has 122 valence electrons. The van der Waals surface area contributed by atoms with Crippen LogP contribution in [0.15, 0.2) is 35.5 Å². The Bertz CT molecular complexity index is 783. The van der Waals surface area contributed by atoms with Gasteiger partial charge in [-0.1, -0.05) is 18.9 Å². The van der Waals surface area contributed by atoms with Crippen molar-refractivity contribution in [3.63, 3.8) is 0 Å². The lowest BCUT2D eigenvalue weighted by Gasteiger charge is -2.11. The number of rotatable bonds is 5. The first kappa shape index (κ1) is 15.6. The minimum atomic E-state index is -3.90. The second kappa shape index (κ2) is 6.45. The Hall–Kier alpha value is -2.29. The molecule has 0 bridgehead atoms. The maximum absolute atomic E-state index is 12.3. The van der Waals surface area contributed by atoms with Crippen LogP contribution in [0, 0.1) is 5.92 Å². The summed E-state index contributed by atoms with van der Waals surface area (Å²) in [5.41, 5.74) is 0.501. The Morgan fingerprint density at radius 3 is 2.78 bits per heavy atom. The van der Waals surface area contributed by atoms with E-state index in [0.717, 1.165) is 25.7 Å². The summed E-state index contributed by atoms with van der Waals surface area (Å²) in [6, 6.07) is 6.10. The Balaban J connectivity index is 1.74. The monoisotopic (exact) mass is 335 g/mol. The number of aromatic nitrogens is 4. The number of sulfonamides is 1. The standard InChI is InChI=1S/C14H17N5O3S/c20-14(8-11-4-1-2-5-11)16-23(21,22)13-7-3-6-12(9-13)19-10-15-17-18-19/h3,6-7,9-11H,1-2,4-5,8H2,(H,16,20). The van der Waals surface area contributed by atoms with Crippen LogP contribution in [-0.4, -0.2) is 34.5 Å². The summed E-state index contributed by atoms with van der Waals surface area (Å²) in [5.74, 6) is -0.164. The summed E-state index contributed by atoms with van der Waals surface area (Å²) >= 11 is 0. The lowest BCUT2D eigenvalue weighted by molar-refractivity contribution is -0.120. The molecule has 9 heteroatoms. The smallest absolute Gasteiger partial charge is 0.264 e. The van der Waals surface area contributed by atoms with E-state index < -0.39 is 15.9 Å². The van der Waals surface area contributed by atoms with E-state index in [1.165, 1.54) is 23.1 Å². The molecule has 1 aliphatic rings. The molecule has 0 spiro atoms. The van der Waals surface area contributed by atoms with Gasteiger partial charge >= 0.3 is 0 Å². The minimum absolute atomic E-state index is 0.00488. The number of hydrogen-bond acceptors (Lipinski definition) is 6. The van der Waals surface area contributed by atoms with E-state index in [1.54, 1.807) is 12.1 Å². The quantitative estimate of drug-likeness (QED) is 0.875. The van der Waals surface area contributed by atoms with Crippen molar-refractivity contribution in [2.45, 2.75) is 37.0 Å². The predicted octanol–water partition coefficient (Wildman–Crippen LogP) is 1.05. The van der Waals surface area contributed by atoms with Crippen LogP contribution in [0.3, 0.4) is 0 Å². The number of nitrogens with one attached hydrogen (secondary N) is 1. The van der Waals surface area contributed by atoms with E-state index in [4.69, 9.17) is 0 Å². The third kappa shape index (κ3) is 3.73. The van der Waals surface area contributed by atoms with Crippen molar-refractivity contribution < 1.29 is 13.2 Å². The fourth-order valence-electron chi connectivity index (χ4n) is 2.80. The molecule has 8 nitrogen and oxygen atoms in total. The van der Waals surface area contributed by atoms with Crippen LogP contribution in [0.1, 0.15) is 32.1 Å². The first-order valence-electron chi connectivity index (χ1n) is 7.44. The highest BCUT2D eigenvalue weighted by molar-refractivity contribution is 7.90. The molecule has 1 fully saturated rings. The van der Waals surface area contributed by atoms with E-state index in [9.17, 15) is 13.2 Å². The Morgan fingerprint density at radius 2 is 2.09 bits per heavy atom. The second-order valence-corrected chi connectivity index (χ2v) is 7.32. The van der Waals surface area contributed by atoms with Gasteiger partial charge in [-0.2, -0.15) is 0 Å². The lowest BCUT2D eigenvalue weighted by Crippen LogP contribution is -2.31. The molecule has 3 rings (SSSR count). The Morgan fingerprint density at radius 1 is 1.30 bits per heavy atom. The van der Waals surface area contributed by atoms with Gasteiger partial charge in [0.1, 0.15) is 6.33 Å². The first-order chi connectivity index (χ1) is 11.0. The molecule has 1 aromatic carbocycles. The highest BCUT2D eigenvalue weighted by Crippen LogP contribution is 2.27. The van der Waals surface area contributed by atoms with Gasteiger partial charge < -0.3 is 0 Å². The first-order valence-corrected chi connectivity index (χ1v) is 8.92. The van der Waals surface area contributed by atoms with Gasteiger partial charge in [-0.3, -0.25) is 4.79 Å². The van der Waals surface area contributed by atoms with E-state index >= 15 is 0 Å². The maximum Gasteiger partial charge on any atom is 0.264 e. The highest BCUT2D eigenvalue weighted by atomic mass is 32.2. The van der Waals surface area contributed by atoms with Crippen molar-refractivity contribution in [1.29, 1.82) is 0 Å². The molecule has 1 heterocycles. The third-order valence-electron chi connectivity index (χ3n) is 3.94. The minimum Gasteiger partial charge on any atom is -0.274 e. The van der Waals surface area contributed by atoms with Crippen LogP contribution in [0.4, 0.5) is 0 Å². The fraction of sp³-hybridized carbons (Fsp3) is 0.429. The molecule has 0 unspecified atom stereocenters. The van der Waals surface area contributed by atoms with Crippen molar-refractivity contribution >= 4 is 15.9 Å². The van der Waals surface area contributed by atoms with Crippen LogP contribution in [0.25, 0.3) is 5.69 Å². The van der Waals surface area contributed by atoms with Crippen LogP contribution in [-0.2, 0) is 14.8 Å². The fourth-order valence-corrected chi connectivity index (χ4v) is 3.83. The van der Waals surface area contributed by atoms with Crippen molar-refractivity contribution in [2.75, 3.05) is 0 Å². The zero-order valence-electron chi connectivity index (χ0n) is 12.4. The van der Waals surface area contributed by atoms with E-state index in [0.29, 0.717) is 5.69 Å². The van der Waals surface area contributed by atoms with E-state index in [-0.39, 0.29) is 17.2 Å². The summed E-state index contributed by atoms with van der Waals surface area (Å²) in [7, 11) is -3.90. The molecular formula is C14H17N5O3S. The summed E-state index contributed by atoms with van der Waals surface area (Å²) in [6.07, 6.45) is 5.82. The molecule has 1 N–H and O–H groups in total. The van der Waals surface area contributed by atoms with Crippen LogP contribution in [0.5, 0.6) is 0 Å². The molecule has 1 aliphatic carbocycles. The molecule has 2 aromatic rings. The molecular weight excluding hydrogens is 318 g/mol. The number of nitrogens with zero attached hydrogens (tertiary/aromatic N) is 4. The number of hydrogen-bond donors (Lipinski definition) is 1. The van der Waals surface area contributed by atoms with Gasteiger partial charge in [0.2, 0.25) is 5.91 Å². The molecule has 0 aliphatic heterocycles. The normalized spacial score (nSPS) is 15.7. The molecule has 0 radical (unpaired) electrons. The van der Waals surface area contributed by atoms with Crippen LogP contribution < -0.4 is 4.72 Å². The van der Waals surface area contributed by atoms with E-state index in [2.05, 4.69) is 20.2 Å². The second-order valence-electron chi connectivity index (χ2n) is 5.64. The zero-order chi connectivity index (χ0) is 16.3. The topological polar surface area (TPSA) is 107 Å². The number of carbonyl (C=O) groups excluding carboxylic acids is 1. The summed E-state index contributed by atoms with van der Waals surface area (Å²) in [6.45, 7) is 0. The average molecular weight is 335 g/mol. The zero-order valence-corrected chi connectivity index (χ0v) is 13.2. The number of benzene rings is 1. The largest absolute Gasteiger partial charge is 0.274 e. The van der Waals surface area contributed by atoms with E-state index in [1.807, 2.05) is 0 Å². The average Bonchev–Trinajstić information content (AvgIpc) is 3.20. The Kier molecular flexibility index (Phi) is 4.37. The SMILES string of the molecule is O=C(CC1CCCC1)NS(=O)(=O)c1cccc(-n2cnnn2)c1. The third-order valence-corrected chi connectivity index (χ3v) is 5.31. The van der Waals surface area contributed by atoms with Gasteiger partial charge in [0.05, 0.1) is 10.6 Å². The Labute approximate surface area is 133 Å². The van der Waals surface area contributed by atoms with Gasteiger partial charge in [0.25, 0.3) is 10.0 Å². The number of tetrazole rings is 1. The van der Waals surface area contributed by atoms with Gasteiger partial charge in [-0.25, -0.2) is 17.8 Å². The van der Waals surface area contributed by atoms with Gasteiger partial charge in [-0.05, 0) is 47.4 Å². The van der Waals surface area contributed by atoms with Gasteiger partial charge in [0, 0.05) is 6.42 Å². The van der Waals surface area contributed by atoms with Crippen molar-refractivity contribution in [2.24, 2.45) is 5.92 Å². The highest BCUT2D eigenvalue weighted by Gasteiger charge is 2.23. The number of amides is 1. The van der Waals surface area contributed by atoms with Crippen LogP contribution >= 0.6 is 0 Å². The molecule has 1 amide bonds. The van der Waals surface area contributed by atoms with Crippen molar-refractivity contribution in [3.05, 3.63) is 30.6 Å². The molecule has 0 saturated heterocycles. The molecule has 1 aromatic heterocycles. The van der Waals surface area contributed by atoms with Crippen molar-refractivity contribution in [1.82, 2.24) is 24.9 Å². The summed E-state index contributed by atoms with van der Waals surface area (Å²) in [4.78, 5) is 12.0. The van der Waals surface area contributed by atoms with Gasteiger partial charge in [-0.15, -0.1) is 5.10 Å². The van der Waals surface area contributed by atoms with Gasteiger partial charge in [0.15, 0.2) is 0 Å². The van der Waals surface area contributed by atoms with Crippen molar-refractivity contribution in [3.8, 4) is 5.69 Å². The molecule has 23 heavy (non-hydrogen) atoms. The number of carbonyl (C=O) groups is 1.